The maximum atomic E-state index is 13.1. The summed E-state index contributed by atoms with van der Waals surface area (Å²) >= 11 is 0. The number of aromatic nitrogens is 2. The summed E-state index contributed by atoms with van der Waals surface area (Å²) < 4.78 is 58.6. The van der Waals surface area contributed by atoms with Gasteiger partial charge >= 0.3 is 6.18 Å². The van der Waals surface area contributed by atoms with Crippen LogP contribution in [0.2, 0.25) is 0 Å². The molecule has 1 aliphatic heterocycles. The lowest BCUT2D eigenvalue weighted by Gasteiger charge is -2.15. The van der Waals surface area contributed by atoms with E-state index in [1.165, 1.54) is 22.9 Å². The van der Waals surface area contributed by atoms with Crippen LogP contribution in [0.4, 0.5) is 17.6 Å². The van der Waals surface area contributed by atoms with Gasteiger partial charge in [0.2, 0.25) is 0 Å². The second-order valence-electron chi connectivity index (χ2n) is 5.56. The first kappa shape index (κ1) is 17.4. The van der Waals surface area contributed by atoms with E-state index in [9.17, 15) is 22.4 Å². The van der Waals surface area contributed by atoms with Gasteiger partial charge in [-0.25, -0.2) is 4.39 Å². The number of hydrogen-bond acceptors (Lipinski definition) is 3. The quantitative estimate of drug-likeness (QED) is 0.856. The molecule has 0 aliphatic carbocycles. The van der Waals surface area contributed by atoms with Gasteiger partial charge in [-0.3, -0.25) is 9.48 Å². The third kappa shape index (κ3) is 3.81. The summed E-state index contributed by atoms with van der Waals surface area (Å²) in [6, 6.07) is 5.16. The van der Waals surface area contributed by atoms with E-state index in [-0.39, 0.29) is 30.8 Å². The fourth-order valence-corrected chi connectivity index (χ4v) is 2.73. The molecule has 0 saturated carbocycles. The van der Waals surface area contributed by atoms with Crippen LogP contribution in [-0.2, 0) is 30.5 Å². The predicted molar refractivity (Wildman–Crippen MR) is 79.3 cm³/mol. The topological polar surface area (TPSA) is 56.2 Å². The molecule has 9 heteroatoms. The van der Waals surface area contributed by atoms with E-state index >= 15 is 0 Å². The third-order valence-electron chi connectivity index (χ3n) is 3.86. The maximum absolute atomic E-state index is 13.1. The zero-order valence-corrected chi connectivity index (χ0v) is 13.1. The molecule has 1 aromatic carbocycles. The van der Waals surface area contributed by atoms with Crippen LogP contribution in [-0.4, -0.2) is 28.8 Å². The Morgan fingerprint density at radius 3 is 2.88 bits per heavy atom. The lowest BCUT2D eigenvalue weighted by atomic mass is 10.1. The fourth-order valence-electron chi connectivity index (χ4n) is 2.73. The number of benzene rings is 1. The van der Waals surface area contributed by atoms with Gasteiger partial charge in [0.1, 0.15) is 5.82 Å². The Morgan fingerprint density at radius 2 is 2.16 bits per heavy atom. The van der Waals surface area contributed by atoms with E-state index < -0.39 is 23.6 Å². The number of halogens is 4. The average Bonchev–Trinajstić information content (AvgIpc) is 2.94. The number of ether oxygens (including phenoxy) is 1. The van der Waals surface area contributed by atoms with Crippen molar-refractivity contribution in [2.45, 2.75) is 25.7 Å². The largest absolute Gasteiger partial charge is 0.435 e. The van der Waals surface area contributed by atoms with Crippen molar-refractivity contribution >= 4 is 5.91 Å². The molecule has 0 radical (unpaired) electrons. The number of amides is 1. The van der Waals surface area contributed by atoms with Crippen LogP contribution >= 0.6 is 0 Å². The molecule has 0 unspecified atom stereocenters. The van der Waals surface area contributed by atoms with E-state index in [1.807, 2.05) is 0 Å². The van der Waals surface area contributed by atoms with Gasteiger partial charge in [-0.1, -0.05) is 6.07 Å². The molecule has 0 bridgehead atoms. The van der Waals surface area contributed by atoms with Gasteiger partial charge in [0.15, 0.2) is 5.69 Å². The molecule has 2 heterocycles. The molecule has 5 nitrogen and oxygen atoms in total. The lowest BCUT2D eigenvalue weighted by Crippen LogP contribution is -2.28. The first-order valence-electron chi connectivity index (χ1n) is 7.63. The summed E-state index contributed by atoms with van der Waals surface area (Å²) in [4.78, 5) is 11.9. The van der Waals surface area contributed by atoms with Gasteiger partial charge in [-0.05, 0) is 18.2 Å². The van der Waals surface area contributed by atoms with Crippen LogP contribution in [0.3, 0.4) is 0 Å². The summed E-state index contributed by atoms with van der Waals surface area (Å²) in [7, 11) is 0. The molecular formula is C16H15F4N3O2. The number of carbonyl (C=O) groups excluding carboxylic acids is 1. The van der Waals surface area contributed by atoms with Crippen LogP contribution in [0.25, 0.3) is 0 Å². The monoisotopic (exact) mass is 357 g/mol. The molecule has 1 N–H and O–H groups in total. The number of hydrogen-bond donors (Lipinski definition) is 1. The highest BCUT2D eigenvalue weighted by Crippen LogP contribution is 2.34. The number of nitrogens with zero attached hydrogens (tertiary/aromatic N) is 2. The van der Waals surface area contributed by atoms with Crippen molar-refractivity contribution in [3.05, 3.63) is 52.6 Å². The van der Waals surface area contributed by atoms with E-state index in [0.29, 0.717) is 18.7 Å². The maximum Gasteiger partial charge on any atom is 0.435 e. The van der Waals surface area contributed by atoms with Crippen molar-refractivity contribution in [2.24, 2.45) is 0 Å². The van der Waals surface area contributed by atoms with Gasteiger partial charge < -0.3 is 10.1 Å². The van der Waals surface area contributed by atoms with Crippen LogP contribution in [0.5, 0.6) is 0 Å². The van der Waals surface area contributed by atoms with E-state index in [4.69, 9.17) is 4.74 Å². The Bertz CT molecular complexity index is 786. The van der Waals surface area contributed by atoms with Crippen molar-refractivity contribution in [1.82, 2.24) is 15.1 Å². The fraction of sp³-hybridized carbons (Fsp3) is 0.375. The van der Waals surface area contributed by atoms with Crippen molar-refractivity contribution in [1.29, 1.82) is 0 Å². The molecule has 25 heavy (non-hydrogen) atoms. The van der Waals surface area contributed by atoms with Gasteiger partial charge in [-0.15, -0.1) is 0 Å². The van der Waals surface area contributed by atoms with Gasteiger partial charge in [0.05, 0.1) is 19.8 Å². The molecule has 0 fully saturated rings. The highest BCUT2D eigenvalue weighted by atomic mass is 19.4. The summed E-state index contributed by atoms with van der Waals surface area (Å²) in [6.07, 6.45) is -4.23. The van der Waals surface area contributed by atoms with Gasteiger partial charge in [0, 0.05) is 29.8 Å². The predicted octanol–water partition coefficient (Wildman–Crippen LogP) is 2.54. The third-order valence-corrected chi connectivity index (χ3v) is 3.86. The smallest absolute Gasteiger partial charge is 0.376 e. The minimum absolute atomic E-state index is 0.0511. The molecule has 1 aliphatic rings. The number of nitrogens with one attached hydrogen (secondary N) is 1. The highest BCUT2D eigenvalue weighted by Gasteiger charge is 2.39. The van der Waals surface area contributed by atoms with Crippen LogP contribution in [0.1, 0.15) is 27.3 Å². The number of alkyl halides is 3. The number of carbonyl (C=O) groups is 1. The molecular weight excluding hydrogens is 342 g/mol. The molecule has 3 rings (SSSR count). The summed E-state index contributed by atoms with van der Waals surface area (Å²) in [6.45, 7) is 0.354. The van der Waals surface area contributed by atoms with Crippen molar-refractivity contribution in [3.63, 3.8) is 0 Å². The standard InChI is InChI=1S/C16H15F4N3O2/c17-11-3-1-2-10(8-11)15(24)21-5-6-23-13-4-7-25-9-12(13)14(22-23)16(18,19)20/h1-3,8H,4-7,9H2,(H,21,24). The Hall–Kier alpha value is -2.42. The first-order chi connectivity index (χ1) is 11.9. The van der Waals surface area contributed by atoms with Crippen molar-refractivity contribution in [2.75, 3.05) is 13.2 Å². The van der Waals surface area contributed by atoms with E-state index in [2.05, 4.69) is 10.4 Å². The minimum atomic E-state index is -4.55. The Kier molecular flexibility index (Phi) is 4.76. The normalized spacial score (nSPS) is 14.2. The molecule has 1 aromatic heterocycles. The summed E-state index contributed by atoms with van der Waals surface area (Å²) in [5, 5.41) is 6.20. The average molecular weight is 357 g/mol. The van der Waals surface area contributed by atoms with E-state index in [0.717, 1.165) is 6.07 Å². The number of rotatable bonds is 4. The first-order valence-corrected chi connectivity index (χ1v) is 7.63. The SMILES string of the molecule is O=C(NCCn1nc(C(F)(F)F)c2c1CCOC2)c1cccc(F)c1. The van der Waals surface area contributed by atoms with Gasteiger partial charge in [0.25, 0.3) is 5.91 Å². The van der Waals surface area contributed by atoms with Crippen LogP contribution in [0.15, 0.2) is 24.3 Å². The summed E-state index contributed by atoms with van der Waals surface area (Å²) in [5.74, 6) is -1.04. The summed E-state index contributed by atoms with van der Waals surface area (Å²) in [5.41, 5.74) is -0.278. The highest BCUT2D eigenvalue weighted by molar-refractivity contribution is 5.94. The van der Waals surface area contributed by atoms with Crippen molar-refractivity contribution < 1.29 is 27.1 Å². The van der Waals surface area contributed by atoms with Crippen LogP contribution < -0.4 is 5.32 Å². The Balaban J connectivity index is 1.69. The molecule has 2 aromatic rings. The zero-order chi connectivity index (χ0) is 18.0. The lowest BCUT2D eigenvalue weighted by molar-refractivity contribution is -0.142. The second kappa shape index (κ2) is 6.83. The van der Waals surface area contributed by atoms with E-state index in [1.54, 1.807) is 0 Å². The second-order valence-corrected chi connectivity index (χ2v) is 5.56. The van der Waals surface area contributed by atoms with Gasteiger partial charge in [-0.2, -0.15) is 18.3 Å². The molecule has 0 spiro atoms. The van der Waals surface area contributed by atoms with Crippen molar-refractivity contribution in [3.8, 4) is 0 Å². The molecule has 134 valence electrons. The number of fused-ring (bicyclic) bond motifs is 1. The minimum Gasteiger partial charge on any atom is -0.376 e. The zero-order valence-electron chi connectivity index (χ0n) is 13.1. The van der Waals surface area contributed by atoms with Crippen LogP contribution in [0, 0.1) is 5.82 Å². The Labute approximate surface area is 140 Å². The Morgan fingerprint density at radius 1 is 1.36 bits per heavy atom. The molecule has 0 saturated heterocycles. The molecule has 0 atom stereocenters. The molecule has 1 amide bonds.